The van der Waals surface area contributed by atoms with E-state index in [0.29, 0.717) is 18.1 Å². The van der Waals surface area contributed by atoms with Crippen LogP contribution in [0.4, 0.5) is 0 Å². The SMILES string of the molecule is CC(C)Cc1ccc([C@@H](C)C(=O)CCCCN(C)C)cc1. The summed E-state index contributed by atoms with van der Waals surface area (Å²) in [4.78, 5) is 14.4. The van der Waals surface area contributed by atoms with Crippen LogP contribution in [-0.2, 0) is 11.2 Å². The van der Waals surface area contributed by atoms with E-state index in [4.69, 9.17) is 0 Å². The maximum atomic E-state index is 12.2. The quantitative estimate of drug-likeness (QED) is 0.632. The molecule has 0 aliphatic carbocycles. The van der Waals surface area contributed by atoms with Gasteiger partial charge in [-0.25, -0.2) is 0 Å². The first-order valence-corrected chi connectivity index (χ1v) is 8.16. The second kappa shape index (κ2) is 8.99. The Morgan fingerprint density at radius 1 is 1.05 bits per heavy atom. The standard InChI is InChI=1S/C19H31NO/c1-15(2)14-17-9-11-18(12-10-17)16(3)19(21)8-6-7-13-20(4)5/h9-12,15-16H,6-8,13-14H2,1-5H3/t16-/m1/s1. The average molecular weight is 289 g/mol. The van der Waals surface area contributed by atoms with Crippen molar-refractivity contribution in [1.29, 1.82) is 0 Å². The molecule has 0 heterocycles. The van der Waals surface area contributed by atoms with Crippen molar-refractivity contribution in [3.63, 3.8) is 0 Å². The maximum absolute atomic E-state index is 12.2. The van der Waals surface area contributed by atoms with E-state index in [-0.39, 0.29) is 5.92 Å². The number of hydrogen-bond donors (Lipinski definition) is 0. The van der Waals surface area contributed by atoms with Gasteiger partial charge in [0.1, 0.15) is 5.78 Å². The van der Waals surface area contributed by atoms with Crippen molar-refractivity contribution in [3.8, 4) is 0 Å². The minimum absolute atomic E-state index is 0.0254. The van der Waals surface area contributed by atoms with E-state index in [9.17, 15) is 4.79 Å². The normalized spacial score (nSPS) is 12.9. The van der Waals surface area contributed by atoms with Gasteiger partial charge in [-0.1, -0.05) is 45.0 Å². The number of unbranched alkanes of at least 4 members (excludes halogenated alkanes) is 1. The van der Waals surface area contributed by atoms with Crippen molar-refractivity contribution >= 4 is 5.78 Å². The molecule has 0 fully saturated rings. The molecule has 0 aliphatic heterocycles. The molecule has 0 saturated heterocycles. The lowest BCUT2D eigenvalue weighted by molar-refractivity contribution is -0.120. The molecular weight excluding hydrogens is 258 g/mol. The van der Waals surface area contributed by atoms with Crippen LogP contribution in [0.2, 0.25) is 0 Å². The van der Waals surface area contributed by atoms with E-state index in [0.717, 1.165) is 31.4 Å². The first-order valence-electron chi connectivity index (χ1n) is 8.16. The fraction of sp³-hybridized carbons (Fsp3) is 0.632. The van der Waals surface area contributed by atoms with Crippen molar-refractivity contribution in [3.05, 3.63) is 35.4 Å². The van der Waals surface area contributed by atoms with Crippen LogP contribution in [-0.4, -0.2) is 31.3 Å². The van der Waals surface area contributed by atoms with E-state index in [1.54, 1.807) is 0 Å². The van der Waals surface area contributed by atoms with Crippen LogP contribution in [0.5, 0.6) is 0 Å². The zero-order valence-corrected chi connectivity index (χ0v) is 14.4. The van der Waals surface area contributed by atoms with Crippen molar-refractivity contribution in [2.24, 2.45) is 5.92 Å². The maximum Gasteiger partial charge on any atom is 0.140 e. The summed E-state index contributed by atoms with van der Waals surface area (Å²) in [6, 6.07) is 8.59. The number of rotatable bonds is 9. The highest BCUT2D eigenvalue weighted by molar-refractivity contribution is 5.85. The van der Waals surface area contributed by atoms with Crippen molar-refractivity contribution in [2.45, 2.75) is 52.4 Å². The van der Waals surface area contributed by atoms with Crippen LogP contribution in [0, 0.1) is 5.92 Å². The number of Topliss-reactive ketones (excluding diaryl/α,β-unsaturated/α-hetero) is 1. The number of carbonyl (C=O) groups is 1. The summed E-state index contributed by atoms with van der Waals surface area (Å²) in [5.41, 5.74) is 2.51. The molecule has 0 aliphatic rings. The molecule has 118 valence electrons. The van der Waals surface area contributed by atoms with E-state index in [1.165, 1.54) is 5.56 Å². The first-order chi connectivity index (χ1) is 9.90. The molecule has 2 nitrogen and oxygen atoms in total. The minimum atomic E-state index is 0.0254. The summed E-state index contributed by atoms with van der Waals surface area (Å²) in [5.74, 6) is 1.06. The van der Waals surface area contributed by atoms with Gasteiger partial charge in [0.15, 0.2) is 0 Å². The van der Waals surface area contributed by atoms with E-state index >= 15 is 0 Å². The molecule has 0 N–H and O–H groups in total. The summed E-state index contributed by atoms with van der Waals surface area (Å²) >= 11 is 0. The molecule has 0 unspecified atom stereocenters. The second-order valence-corrected chi connectivity index (χ2v) is 6.79. The summed E-state index contributed by atoms with van der Waals surface area (Å²) in [7, 11) is 4.15. The summed E-state index contributed by atoms with van der Waals surface area (Å²) in [6.07, 6.45) is 3.89. The molecule has 0 aromatic heterocycles. The van der Waals surface area contributed by atoms with Crippen molar-refractivity contribution in [2.75, 3.05) is 20.6 Å². The highest BCUT2D eigenvalue weighted by atomic mass is 16.1. The Bertz CT molecular complexity index is 420. The van der Waals surface area contributed by atoms with Crippen molar-refractivity contribution < 1.29 is 4.79 Å². The molecule has 1 aromatic carbocycles. The van der Waals surface area contributed by atoms with Crippen LogP contribution in [0.1, 0.15) is 57.1 Å². The Labute approximate surface area is 130 Å². The summed E-state index contributed by atoms with van der Waals surface area (Å²) in [5, 5.41) is 0. The molecule has 0 spiro atoms. The Morgan fingerprint density at radius 2 is 1.67 bits per heavy atom. The van der Waals surface area contributed by atoms with Gasteiger partial charge in [-0.3, -0.25) is 4.79 Å². The van der Waals surface area contributed by atoms with Crippen molar-refractivity contribution in [1.82, 2.24) is 4.90 Å². The Kier molecular flexibility index (Phi) is 7.66. The Hall–Kier alpha value is -1.15. The number of ketones is 1. The molecule has 1 atom stereocenters. The van der Waals surface area contributed by atoms with Gasteiger partial charge in [0, 0.05) is 12.3 Å². The average Bonchev–Trinajstić information content (AvgIpc) is 2.42. The smallest absolute Gasteiger partial charge is 0.140 e. The van der Waals surface area contributed by atoms with E-state index in [2.05, 4.69) is 57.1 Å². The third-order valence-electron chi connectivity index (χ3n) is 3.89. The molecule has 1 aromatic rings. The third-order valence-corrected chi connectivity index (χ3v) is 3.89. The van der Waals surface area contributed by atoms with Gasteiger partial charge in [-0.2, -0.15) is 0 Å². The lowest BCUT2D eigenvalue weighted by Crippen LogP contribution is -2.14. The molecule has 0 radical (unpaired) electrons. The molecule has 2 heteroatoms. The van der Waals surface area contributed by atoms with E-state index in [1.807, 2.05) is 6.92 Å². The van der Waals surface area contributed by atoms with Crippen LogP contribution in [0.3, 0.4) is 0 Å². The number of nitrogens with zero attached hydrogens (tertiary/aromatic N) is 1. The number of hydrogen-bond acceptors (Lipinski definition) is 2. The van der Waals surface area contributed by atoms with Crippen LogP contribution < -0.4 is 0 Å². The lowest BCUT2D eigenvalue weighted by atomic mass is 9.92. The van der Waals surface area contributed by atoms with Gasteiger partial charge in [0.05, 0.1) is 0 Å². The van der Waals surface area contributed by atoms with E-state index < -0.39 is 0 Å². The van der Waals surface area contributed by atoms with Crippen LogP contribution in [0.15, 0.2) is 24.3 Å². The largest absolute Gasteiger partial charge is 0.309 e. The molecule has 0 saturated carbocycles. The van der Waals surface area contributed by atoms with Crippen LogP contribution in [0.25, 0.3) is 0 Å². The molecule has 21 heavy (non-hydrogen) atoms. The Morgan fingerprint density at radius 3 is 2.19 bits per heavy atom. The molecular formula is C19H31NO. The monoisotopic (exact) mass is 289 g/mol. The first kappa shape index (κ1) is 17.9. The molecule has 0 bridgehead atoms. The number of carbonyl (C=O) groups excluding carboxylic acids is 1. The Balaban J connectivity index is 2.46. The van der Waals surface area contributed by atoms with Gasteiger partial charge in [-0.15, -0.1) is 0 Å². The zero-order valence-electron chi connectivity index (χ0n) is 14.4. The summed E-state index contributed by atoms with van der Waals surface area (Å²) < 4.78 is 0. The minimum Gasteiger partial charge on any atom is -0.309 e. The predicted octanol–water partition coefficient (Wildman–Crippen LogP) is 4.29. The lowest BCUT2D eigenvalue weighted by Gasteiger charge is -2.13. The topological polar surface area (TPSA) is 20.3 Å². The fourth-order valence-electron chi connectivity index (χ4n) is 2.54. The van der Waals surface area contributed by atoms with Gasteiger partial charge < -0.3 is 4.90 Å². The predicted molar refractivity (Wildman–Crippen MR) is 90.8 cm³/mol. The van der Waals surface area contributed by atoms with Gasteiger partial charge in [0.2, 0.25) is 0 Å². The van der Waals surface area contributed by atoms with Gasteiger partial charge >= 0.3 is 0 Å². The zero-order chi connectivity index (χ0) is 15.8. The molecule has 1 rings (SSSR count). The molecule has 0 amide bonds. The highest BCUT2D eigenvalue weighted by Gasteiger charge is 2.14. The second-order valence-electron chi connectivity index (χ2n) is 6.79. The third kappa shape index (κ3) is 6.90. The van der Waals surface area contributed by atoms with Gasteiger partial charge in [0.25, 0.3) is 0 Å². The highest BCUT2D eigenvalue weighted by Crippen LogP contribution is 2.20. The fourth-order valence-corrected chi connectivity index (χ4v) is 2.54. The van der Waals surface area contributed by atoms with Gasteiger partial charge in [-0.05, 0) is 56.9 Å². The number of benzene rings is 1. The van der Waals surface area contributed by atoms with Crippen LogP contribution >= 0.6 is 0 Å². The summed E-state index contributed by atoms with van der Waals surface area (Å²) in [6.45, 7) is 7.55.